The molecule has 0 saturated carbocycles. The van der Waals surface area contributed by atoms with Gasteiger partial charge in [-0.1, -0.05) is 0 Å². The predicted octanol–water partition coefficient (Wildman–Crippen LogP) is -3.53. The van der Waals surface area contributed by atoms with E-state index in [1.165, 1.54) is 0 Å². The van der Waals surface area contributed by atoms with Crippen molar-refractivity contribution < 1.29 is 47.6 Å². The maximum absolute atomic E-state index is 10.7. The molecule has 1 rings (SSSR count). The standard InChI is InChI=1S/C8H9N3O4S2.Na/c9-8(16)11-10-4-5-3-6(17(13,14)15)1-2-7(5)12;/h1-4,12H,(H3,9,11,16)(H,13,14,15);/q;+1/p-1. The van der Waals surface area contributed by atoms with Crippen molar-refractivity contribution in [2.24, 2.45) is 10.8 Å². The van der Waals surface area contributed by atoms with E-state index in [4.69, 9.17) is 5.73 Å². The van der Waals surface area contributed by atoms with Crippen LogP contribution in [0, 0.1) is 0 Å². The van der Waals surface area contributed by atoms with Gasteiger partial charge >= 0.3 is 29.6 Å². The number of nitrogens with zero attached hydrogens (tertiary/aromatic N) is 1. The van der Waals surface area contributed by atoms with E-state index in [-0.39, 0.29) is 46.0 Å². The Balaban J connectivity index is 0.00000289. The van der Waals surface area contributed by atoms with E-state index in [9.17, 15) is 18.1 Å². The Morgan fingerprint density at radius 1 is 1.56 bits per heavy atom. The smallest absolute Gasteiger partial charge is 0.744 e. The van der Waals surface area contributed by atoms with Gasteiger partial charge in [0, 0.05) is 5.56 Å². The van der Waals surface area contributed by atoms with Gasteiger partial charge in [-0.05, 0) is 30.4 Å². The molecule has 0 heterocycles. The molecule has 0 radical (unpaired) electrons. The molecule has 0 fully saturated rings. The summed E-state index contributed by atoms with van der Waals surface area (Å²) in [6, 6.07) is 3.06. The number of phenolic OH excluding ortho intramolecular Hbond substituents is 1. The molecule has 0 aliphatic carbocycles. The van der Waals surface area contributed by atoms with Gasteiger partial charge < -0.3 is 15.4 Å². The van der Waals surface area contributed by atoms with Crippen molar-refractivity contribution in [1.29, 1.82) is 0 Å². The molecule has 0 amide bonds. The molecule has 0 bridgehead atoms. The van der Waals surface area contributed by atoms with Gasteiger partial charge in [0.1, 0.15) is 15.9 Å². The van der Waals surface area contributed by atoms with E-state index in [0.29, 0.717) is 0 Å². The Bertz CT molecular complexity index is 574. The minimum atomic E-state index is -4.58. The van der Waals surface area contributed by atoms with Crippen molar-refractivity contribution in [3.05, 3.63) is 23.8 Å². The Hall–Kier alpha value is -0.710. The zero-order chi connectivity index (χ0) is 13.1. The molecule has 92 valence electrons. The number of hydrogen-bond donors (Lipinski definition) is 3. The van der Waals surface area contributed by atoms with Crippen LogP contribution in [0.4, 0.5) is 0 Å². The number of hydrogen-bond acceptors (Lipinski definition) is 6. The molecule has 0 unspecified atom stereocenters. The molecular formula is C8H8N3NaO4S2. The van der Waals surface area contributed by atoms with E-state index in [1.54, 1.807) is 0 Å². The predicted molar refractivity (Wildman–Crippen MR) is 63.6 cm³/mol. The van der Waals surface area contributed by atoms with Crippen LogP contribution in [0.25, 0.3) is 0 Å². The number of nitrogens with one attached hydrogen (secondary N) is 1. The van der Waals surface area contributed by atoms with Gasteiger partial charge in [-0.25, -0.2) is 8.42 Å². The maximum atomic E-state index is 10.7. The van der Waals surface area contributed by atoms with E-state index in [1.807, 2.05) is 0 Å². The van der Waals surface area contributed by atoms with E-state index in [2.05, 4.69) is 22.7 Å². The Kier molecular flexibility index (Phi) is 6.74. The van der Waals surface area contributed by atoms with Gasteiger partial charge in [-0.15, -0.1) is 0 Å². The molecule has 0 aliphatic heterocycles. The average Bonchev–Trinajstić information content (AvgIpc) is 2.18. The largest absolute Gasteiger partial charge is 1.00 e. The normalized spacial score (nSPS) is 10.9. The Morgan fingerprint density at radius 3 is 2.67 bits per heavy atom. The summed E-state index contributed by atoms with van der Waals surface area (Å²) in [7, 11) is -4.58. The minimum Gasteiger partial charge on any atom is -0.744 e. The molecule has 7 nitrogen and oxygen atoms in total. The fraction of sp³-hybridized carbons (Fsp3) is 0. The van der Waals surface area contributed by atoms with Crippen LogP contribution in [-0.4, -0.2) is 29.4 Å². The summed E-state index contributed by atoms with van der Waals surface area (Å²) in [6.45, 7) is 0. The van der Waals surface area contributed by atoms with Crippen molar-refractivity contribution in [3.63, 3.8) is 0 Å². The first-order valence-corrected chi connectivity index (χ1v) is 6.00. The van der Waals surface area contributed by atoms with Crippen molar-refractivity contribution in [2.75, 3.05) is 0 Å². The molecule has 0 aromatic heterocycles. The Morgan fingerprint density at radius 2 is 2.17 bits per heavy atom. The SMILES string of the molecule is NC(=S)NN=Cc1cc(S(=O)(=O)[O-])ccc1O.[Na+]. The average molecular weight is 297 g/mol. The van der Waals surface area contributed by atoms with Gasteiger partial charge in [-0.3, -0.25) is 5.43 Å². The Labute approximate surface area is 131 Å². The van der Waals surface area contributed by atoms with Crippen molar-refractivity contribution in [2.45, 2.75) is 4.90 Å². The topological polar surface area (TPSA) is 128 Å². The molecule has 0 atom stereocenters. The summed E-state index contributed by atoms with van der Waals surface area (Å²) in [6.07, 6.45) is 1.09. The molecule has 0 aliphatic rings. The third kappa shape index (κ3) is 5.29. The quantitative estimate of drug-likeness (QED) is 0.173. The summed E-state index contributed by atoms with van der Waals surface area (Å²) in [5, 5.41) is 12.8. The van der Waals surface area contributed by atoms with Crippen LogP contribution in [0.2, 0.25) is 0 Å². The molecule has 18 heavy (non-hydrogen) atoms. The van der Waals surface area contributed by atoms with Crippen LogP contribution >= 0.6 is 12.2 Å². The first-order chi connectivity index (χ1) is 7.80. The molecular weight excluding hydrogens is 289 g/mol. The van der Waals surface area contributed by atoms with Gasteiger partial charge in [0.05, 0.1) is 11.1 Å². The fourth-order valence-electron chi connectivity index (χ4n) is 0.957. The van der Waals surface area contributed by atoms with Gasteiger partial charge in [0.25, 0.3) is 0 Å². The van der Waals surface area contributed by atoms with Crippen LogP contribution in [-0.2, 0) is 10.1 Å². The van der Waals surface area contributed by atoms with Crippen molar-refractivity contribution in [1.82, 2.24) is 5.43 Å². The van der Waals surface area contributed by atoms with E-state index < -0.39 is 15.0 Å². The van der Waals surface area contributed by atoms with Crippen molar-refractivity contribution in [3.8, 4) is 5.75 Å². The molecule has 0 spiro atoms. The number of hydrazone groups is 1. The molecule has 0 saturated heterocycles. The second-order valence-electron chi connectivity index (χ2n) is 2.91. The molecule has 1 aromatic carbocycles. The van der Waals surface area contributed by atoms with Crippen LogP contribution in [0.5, 0.6) is 5.75 Å². The van der Waals surface area contributed by atoms with E-state index >= 15 is 0 Å². The first-order valence-electron chi connectivity index (χ1n) is 4.18. The number of rotatable bonds is 3. The van der Waals surface area contributed by atoms with Gasteiger partial charge in [0.15, 0.2) is 5.11 Å². The molecule has 10 heteroatoms. The molecule has 1 aromatic rings. The zero-order valence-corrected chi connectivity index (χ0v) is 13.0. The summed E-state index contributed by atoms with van der Waals surface area (Å²) in [4.78, 5) is -0.466. The first kappa shape index (κ1) is 17.3. The van der Waals surface area contributed by atoms with Crippen LogP contribution < -0.4 is 40.7 Å². The summed E-state index contributed by atoms with van der Waals surface area (Å²) in [5.74, 6) is -0.231. The summed E-state index contributed by atoms with van der Waals surface area (Å²) < 4.78 is 32.2. The number of thiocarbonyl (C=S) groups is 1. The van der Waals surface area contributed by atoms with Crippen LogP contribution in [0.3, 0.4) is 0 Å². The number of nitrogens with two attached hydrogens (primary N) is 1. The third-order valence-electron chi connectivity index (χ3n) is 1.67. The van der Waals surface area contributed by atoms with Crippen LogP contribution in [0.15, 0.2) is 28.2 Å². The number of aromatic hydroxyl groups is 1. The van der Waals surface area contributed by atoms with Crippen LogP contribution in [0.1, 0.15) is 5.56 Å². The minimum absolute atomic E-state index is 0. The van der Waals surface area contributed by atoms with E-state index in [0.717, 1.165) is 24.4 Å². The third-order valence-corrected chi connectivity index (χ3v) is 2.59. The monoisotopic (exact) mass is 297 g/mol. The van der Waals surface area contributed by atoms with Gasteiger partial charge in [-0.2, -0.15) is 5.10 Å². The number of phenols is 1. The zero-order valence-electron chi connectivity index (χ0n) is 9.32. The maximum Gasteiger partial charge on any atom is 1.00 e. The summed E-state index contributed by atoms with van der Waals surface area (Å²) >= 11 is 4.47. The second kappa shape index (κ2) is 7.02. The summed E-state index contributed by atoms with van der Waals surface area (Å²) in [5.41, 5.74) is 7.36. The second-order valence-corrected chi connectivity index (χ2v) is 4.73. The van der Waals surface area contributed by atoms with Crippen molar-refractivity contribution >= 4 is 33.7 Å². The number of benzene rings is 1. The fourth-order valence-corrected chi connectivity index (χ4v) is 1.52. The van der Waals surface area contributed by atoms with Gasteiger partial charge in [0.2, 0.25) is 0 Å². The molecule has 4 N–H and O–H groups in total.